The topological polar surface area (TPSA) is 98.4 Å². The summed E-state index contributed by atoms with van der Waals surface area (Å²) < 4.78 is 10.6. The molecule has 1 saturated carbocycles. The number of ether oxygens (including phenoxy) is 2. The summed E-state index contributed by atoms with van der Waals surface area (Å²) in [5, 5.41) is 0. The van der Waals surface area contributed by atoms with E-state index in [1.54, 1.807) is 0 Å². The van der Waals surface area contributed by atoms with Gasteiger partial charge in [0.05, 0.1) is 13.7 Å². The van der Waals surface area contributed by atoms with Gasteiger partial charge in [0, 0.05) is 20.2 Å². The summed E-state index contributed by atoms with van der Waals surface area (Å²) in [6.07, 6.45) is 2.60. The van der Waals surface area contributed by atoms with E-state index in [0.29, 0.717) is 19.1 Å². The highest BCUT2D eigenvalue weighted by atomic mass is 16.5. The lowest BCUT2D eigenvalue weighted by Gasteiger charge is -2.17. The van der Waals surface area contributed by atoms with Gasteiger partial charge in [-0.25, -0.2) is 5.84 Å². The molecule has 1 aromatic heterocycles. The van der Waals surface area contributed by atoms with Crippen LogP contribution < -0.4 is 20.9 Å². The molecule has 106 valence electrons. The minimum atomic E-state index is 0.226. The molecular weight excluding hydrogens is 248 g/mol. The normalized spacial score (nSPS) is 14.3. The molecule has 1 fully saturated rings. The van der Waals surface area contributed by atoms with Gasteiger partial charge in [-0.15, -0.1) is 0 Å². The van der Waals surface area contributed by atoms with E-state index in [4.69, 9.17) is 15.3 Å². The largest absolute Gasteiger partial charge is 0.467 e. The lowest BCUT2D eigenvalue weighted by Crippen LogP contribution is -2.26. The average molecular weight is 268 g/mol. The van der Waals surface area contributed by atoms with Crippen molar-refractivity contribution in [2.75, 3.05) is 44.2 Å². The summed E-state index contributed by atoms with van der Waals surface area (Å²) in [5.41, 5.74) is 2.39. The maximum absolute atomic E-state index is 5.58. The molecule has 3 N–H and O–H groups in total. The first-order valence-electron chi connectivity index (χ1n) is 6.28. The van der Waals surface area contributed by atoms with Crippen molar-refractivity contribution in [1.82, 2.24) is 15.0 Å². The molecule has 1 aromatic rings. The molecule has 8 nitrogen and oxygen atoms in total. The smallest absolute Gasteiger partial charge is 0.322 e. The SMILES string of the molecule is COc1nc(NN)nc(N(C)CCOCC2CC2)n1. The molecule has 1 aliphatic rings. The molecule has 0 amide bonds. The van der Waals surface area contributed by atoms with E-state index < -0.39 is 0 Å². The van der Waals surface area contributed by atoms with Crippen molar-refractivity contribution in [2.45, 2.75) is 12.8 Å². The number of likely N-dealkylation sites (N-methyl/N-ethyl adjacent to an activating group) is 1. The first-order valence-corrected chi connectivity index (χ1v) is 6.28. The van der Waals surface area contributed by atoms with Crippen LogP contribution in [0.2, 0.25) is 0 Å². The van der Waals surface area contributed by atoms with Crippen molar-refractivity contribution in [2.24, 2.45) is 11.8 Å². The molecule has 1 aliphatic carbocycles. The van der Waals surface area contributed by atoms with Gasteiger partial charge >= 0.3 is 6.01 Å². The van der Waals surface area contributed by atoms with Gasteiger partial charge in [-0.3, -0.25) is 5.43 Å². The fourth-order valence-electron chi connectivity index (χ4n) is 1.51. The quantitative estimate of drug-likeness (QED) is 0.387. The van der Waals surface area contributed by atoms with Crippen LogP contribution in [-0.4, -0.2) is 48.9 Å². The Labute approximate surface area is 112 Å². The van der Waals surface area contributed by atoms with E-state index >= 15 is 0 Å². The second-order valence-corrected chi connectivity index (χ2v) is 4.53. The Kier molecular flexibility index (Phi) is 4.69. The van der Waals surface area contributed by atoms with Gasteiger partial charge in [-0.1, -0.05) is 0 Å². The Morgan fingerprint density at radius 3 is 2.79 bits per heavy atom. The maximum atomic E-state index is 5.58. The highest BCUT2D eigenvalue weighted by Gasteiger charge is 2.21. The zero-order valence-corrected chi connectivity index (χ0v) is 11.3. The summed E-state index contributed by atoms with van der Waals surface area (Å²) in [6.45, 7) is 2.19. The van der Waals surface area contributed by atoms with Crippen molar-refractivity contribution >= 4 is 11.9 Å². The molecule has 1 heterocycles. The monoisotopic (exact) mass is 268 g/mol. The van der Waals surface area contributed by atoms with Gasteiger partial charge in [-0.2, -0.15) is 15.0 Å². The van der Waals surface area contributed by atoms with E-state index in [0.717, 1.165) is 12.5 Å². The highest BCUT2D eigenvalue weighted by molar-refractivity contribution is 5.36. The number of hydrogen-bond donors (Lipinski definition) is 2. The van der Waals surface area contributed by atoms with Gasteiger partial charge in [0.1, 0.15) is 0 Å². The Morgan fingerprint density at radius 2 is 2.16 bits per heavy atom. The number of hydrazine groups is 1. The van der Waals surface area contributed by atoms with Crippen LogP contribution in [0.4, 0.5) is 11.9 Å². The van der Waals surface area contributed by atoms with Gasteiger partial charge in [0.2, 0.25) is 11.9 Å². The highest BCUT2D eigenvalue weighted by Crippen LogP contribution is 2.28. The van der Waals surface area contributed by atoms with Crippen LogP contribution in [0, 0.1) is 5.92 Å². The fourth-order valence-corrected chi connectivity index (χ4v) is 1.51. The Balaban J connectivity index is 1.86. The van der Waals surface area contributed by atoms with Crippen LogP contribution in [-0.2, 0) is 4.74 Å². The van der Waals surface area contributed by atoms with Crippen LogP contribution in [0.15, 0.2) is 0 Å². The number of rotatable bonds is 8. The zero-order chi connectivity index (χ0) is 13.7. The second kappa shape index (κ2) is 6.48. The third-order valence-corrected chi connectivity index (χ3v) is 2.88. The molecule has 0 unspecified atom stereocenters. The molecule has 0 radical (unpaired) electrons. The van der Waals surface area contributed by atoms with Gasteiger partial charge in [0.25, 0.3) is 0 Å². The number of anilines is 2. The molecule has 0 atom stereocenters. The van der Waals surface area contributed by atoms with E-state index in [2.05, 4.69) is 20.4 Å². The zero-order valence-electron chi connectivity index (χ0n) is 11.3. The number of hydrogen-bond acceptors (Lipinski definition) is 8. The van der Waals surface area contributed by atoms with Crippen LogP contribution in [0.3, 0.4) is 0 Å². The third kappa shape index (κ3) is 4.18. The minimum absolute atomic E-state index is 0.226. The summed E-state index contributed by atoms with van der Waals surface area (Å²) >= 11 is 0. The van der Waals surface area contributed by atoms with E-state index in [9.17, 15) is 0 Å². The first kappa shape index (κ1) is 13.8. The Bertz CT molecular complexity index is 390. The molecule has 8 heteroatoms. The third-order valence-electron chi connectivity index (χ3n) is 2.88. The number of nitrogens with one attached hydrogen (secondary N) is 1. The molecule has 0 aromatic carbocycles. The maximum Gasteiger partial charge on any atom is 0.322 e. The van der Waals surface area contributed by atoms with Crippen LogP contribution in [0.5, 0.6) is 6.01 Å². The number of nitrogen functional groups attached to an aromatic ring is 1. The van der Waals surface area contributed by atoms with Gasteiger partial charge in [0.15, 0.2) is 0 Å². The lowest BCUT2D eigenvalue weighted by atomic mass is 10.5. The average Bonchev–Trinajstić information content (AvgIpc) is 3.26. The summed E-state index contributed by atoms with van der Waals surface area (Å²) in [7, 11) is 3.38. The summed E-state index contributed by atoms with van der Waals surface area (Å²) in [6, 6.07) is 0.226. The summed E-state index contributed by atoms with van der Waals surface area (Å²) in [4.78, 5) is 14.1. The number of methoxy groups -OCH3 is 1. The van der Waals surface area contributed by atoms with Crippen molar-refractivity contribution < 1.29 is 9.47 Å². The number of nitrogens with zero attached hydrogens (tertiary/aromatic N) is 4. The fraction of sp³-hybridized carbons (Fsp3) is 0.727. The van der Waals surface area contributed by atoms with E-state index in [1.807, 2.05) is 11.9 Å². The van der Waals surface area contributed by atoms with Crippen molar-refractivity contribution in [3.05, 3.63) is 0 Å². The Morgan fingerprint density at radius 1 is 1.37 bits per heavy atom. The lowest BCUT2D eigenvalue weighted by molar-refractivity contribution is 0.130. The van der Waals surface area contributed by atoms with Gasteiger partial charge < -0.3 is 14.4 Å². The van der Waals surface area contributed by atoms with Gasteiger partial charge in [-0.05, 0) is 18.8 Å². The van der Waals surface area contributed by atoms with E-state index in [1.165, 1.54) is 20.0 Å². The number of nitrogens with two attached hydrogens (primary N) is 1. The van der Waals surface area contributed by atoms with Crippen LogP contribution in [0.25, 0.3) is 0 Å². The molecule has 0 saturated heterocycles. The standard InChI is InChI=1S/C11H20N6O2/c1-17(5-6-19-7-8-3-4-8)10-13-9(16-12)14-11(15-10)18-2/h8H,3-7,12H2,1-2H3,(H,13,14,15,16). The minimum Gasteiger partial charge on any atom is -0.467 e. The predicted molar refractivity (Wildman–Crippen MR) is 71.0 cm³/mol. The number of aromatic nitrogens is 3. The molecule has 19 heavy (non-hydrogen) atoms. The molecule has 0 aliphatic heterocycles. The molecule has 0 spiro atoms. The predicted octanol–water partition coefficient (Wildman–Crippen LogP) is 0.0286. The molecule has 0 bridgehead atoms. The Hall–Kier alpha value is -1.67. The van der Waals surface area contributed by atoms with Crippen molar-refractivity contribution in [3.8, 4) is 6.01 Å². The molecule has 2 rings (SSSR count). The van der Waals surface area contributed by atoms with Crippen LogP contribution >= 0.6 is 0 Å². The summed E-state index contributed by atoms with van der Waals surface area (Å²) in [5.74, 6) is 6.84. The van der Waals surface area contributed by atoms with Crippen molar-refractivity contribution in [3.63, 3.8) is 0 Å². The second-order valence-electron chi connectivity index (χ2n) is 4.53. The van der Waals surface area contributed by atoms with Crippen molar-refractivity contribution in [1.29, 1.82) is 0 Å². The van der Waals surface area contributed by atoms with E-state index in [-0.39, 0.29) is 12.0 Å². The first-order chi connectivity index (χ1) is 9.22. The van der Waals surface area contributed by atoms with Crippen LogP contribution in [0.1, 0.15) is 12.8 Å². The molecular formula is C11H20N6O2.